The average Bonchev–Trinajstić information content (AvgIpc) is 3.40. The number of hydrogen-bond acceptors (Lipinski definition) is 7. The highest BCUT2D eigenvalue weighted by molar-refractivity contribution is 5.95. The number of carbonyl (C=O) groups excluding carboxylic acids is 1. The molecule has 1 saturated carbocycles. The molecule has 8 heteroatoms. The quantitative estimate of drug-likeness (QED) is 0.655. The number of methoxy groups -OCH3 is 1. The lowest BCUT2D eigenvalue weighted by Gasteiger charge is -2.36. The second-order valence-corrected chi connectivity index (χ2v) is 8.08. The molecule has 0 aromatic heterocycles. The number of aliphatic hydroxyl groups excluding tert-OH is 1. The Kier molecular flexibility index (Phi) is 6.54. The molecule has 2 atom stereocenters. The van der Waals surface area contributed by atoms with Crippen molar-refractivity contribution in [3.05, 3.63) is 23.8 Å². The van der Waals surface area contributed by atoms with Gasteiger partial charge in [-0.25, -0.2) is 0 Å². The minimum atomic E-state index is -0.517. The van der Waals surface area contributed by atoms with Crippen LogP contribution in [0.25, 0.3) is 0 Å². The molecule has 1 saturated heterocycles. The Morgan fingerprint density at radius 3 is 2.93 bits per heavy atom. The van der Waals surface area contributed by atoms with Crippen molar-refractivity contribution in [2.24, 2.45) is 5.92 Å². The van der Waals surface area contributed by atoms with Gasteiger partial charge in [-0.2, -0.15) is 0 Å². The van der Waals surface area contributed by atoms with Crippen molar-refractivity contribution in [3.8, 4) is 11.5 Å². The maximum absolute atomic E-state index is 13.2. The lowest BCUT2D eigenvalue weighted by molar-refractivity contribution is -0.0566. The van der Waals surface area contributed by atoms with E-state index in [1.54, 1.807) is 25.3 Å². The molecule has 2 heterocycles. The van der Waals surface area contributed by atoms with Crippen LogP contribution in [0.2, 0.25) is 0 Å². The summed E-state index contributed by atoms with van der Waals surface area (Å²) in [5.74, 6) is 1.87. The summed E-state index contributed by atoms with van der Waals surface area (Å²) in [6.45, 7) is 4.41. The molecule has 1 aliphatic carbocycles. The number of amides is 1. The van der Waals surface area contributed by atoms with Crippen molar-refractivity contribution in [3.63, 3.8) is 0 Å². The lowest BCUT2D eigenvalue weighted by atomic mass is 10.1. The minimum Gasteiger partial charge on any atom is -0.454 e. The van der Waals surface area contributed by atoms with E-state index in [9.17, 15) is 9.90 Å². The third-order valence-electron chi connectivity index (χ3n) is 5.56. The van der Waals surface area contributed by atoms with Crippen LogP contribution in [0.3, 0.4) is 0 Å². The zero-order valence-electron chi connectivity index (χ0n) is 16.9. The van der Waals surface area contributed by atoms with Gasteiger partial charge in [0.15, 0.2) is 11.5 Å². The predicted molar refractivity (Wildman–Crippen MR) is 105 cm³/mol. The molecule has 29 heavy (non-hydrogen) atoms. The molecule has 1 aromatic carbocycles. The monoisotopic (exact) mass is 406 g/mol. The van der Waals surface area contributed by atoms with Crippen molar-refractivity contribution in [2.45, 2.75) is 25.0 Å². The van der Waals surface area contributed by atoms with Gasteiger partial charge in [0.2, 0.25) is 6.79 Å². The Hall–Kier alpha value is -1.87. The van der Waals surface area contributed by atoms with E-state index in [1.807, 2.05) is 4.90 Å². The maximum Gasteiger partial charge on any atom is 0.254 e. The predicted octanol–water partition coefficient (Wildman–Crippen LogP) is 0.976. The molecule has 2 fully saturated rings. The first-order chi connectivity index (χ1) is 14.1. The molecular weight excluding hydrogens is 376 g/mol. The van der Waals surface area contributed by atoms with Crippen LogP contribution in [0.1, 0.15) is 23.2 Å². The highest BCUT2D eigenvalue weighted by Gasteiger charge is 2.31. The number of carbonyl (C=O) groups is 1. The highest BCUT2D eigenvalue weighted by atomic mass is 16.7. The Morgan fingerprint density at radius 2 is 2.14 bits per heavy atom. The van der Waals surface area contributed by atoms with Crippen molar-refractivity contribution in [1.82, 2.24) is 9.80 Å². The second kappa shape index (κ2) is 9.30. The van der Waals surface area contributed by atoms with Crippen molar-refractivity contribution in [1.29, 1.82) is 0 Å². The molecule has 8 nitrogen and oxygen atoms in total. The van der Waals surface area contributed by atoms with Crippen molar-refractivity contribution < 1.29 is 28.8 Å². The van der Waals surface area contributed by atoms with E-state index in [4.69, 9.17) is 18.9 Å². The van der Waals surface area contributed by atoms with Gasteiger partial charge in [-0.05, 0) is 37.0 Å². The smallest absolute Gasteiger partial charge is 0.254 e. The van der Waals surface area contributed by atoms with Gasteiger partial charge in [0, 0.05) is 45.4 Å². The number of morpholine rings is 1. The first-order valence-electron chi connectivity index (χ1n) is 10.3. The molecule has 3 aliphatic rings. The Labute approximate surface area is 171 Å². The molecule has 0 radical (unpaired) electrons. The number of rotatable bonds is 9. The fraction of sp³-hybridized carbons (Fsp3) is 0.667. The second-order valence-electron chi connectivity index (χ2n) is 8.08. The number of nitrogens with zero attached hydrogens (tertiary/aromatic N) is 2. The van der Waals surface area contributed by atoms with Gasteiger partial charge >= 0.3 is 0 Å². The SMILES string of the molecule is COCC(O)CN1CCOC(CN(CC2CC2)C(=O)c2ccc3c(c2)OCO3)C1. The standard InChI is InChI=1S/C21H30N2O6/c1-26-13-17(24)10-22-6-7-27-18(11-22)12-23(9-15-2-3-15)21(25)16-4-5-19-20(8-16)29-14-28-19/h4-5,8,15,17-18,24H,2-3,6-7,9-14H2,1H3. The fourth-order valence-corrected chi connectivity index (χ4v) is 3.91. The van der Waals surface area contributed by atoms with E-state index in [-0.39, 0.29) is 18.8 Å². The topological polar surface area (TPSA) is 80.7 Å². The number of fused-ring (bicyclic) bond motifs is 1. The summed E-state index contributed by atoms with van der Waals surface area (Å²) in [7, 11) is 1.59. The molecule has 1 aromatic rings. The molecule has 1 amide bonds. The molecule has 1 N–H and O–H groups in total. The number of aliphatic hydroxyl groups is 1. The van der Waals surface area contributed by atoms with E-state index < -0.39 is 6.10 Å². The Morgan fingerprint density at radius 1 is 1.31 bits per heavy atom. The van der Waals surface area contributed by atoms with Crippen LogP contribution in [0.15, 0.2) is 18.2 Å². The third kappa shape index (κ3) is 5.39. The van der Waals surface area contributed by atoms with Gasteiger partial charge in [-0.3, -0.25) is 9.69 Å². The lowest BCUT2D eigenvalue weighted by Crippen LogP contribution is -2.51. The summed E-state index contributed by atoms with van der Waals surface area (Å²) in [5, 5.41) is 10.0. The van der Waals surface area contributed by atoms with Crippen molar-refractivity contribution >= 4 is 5.91 Å². The van der Waals surface area contributed by atoms with Gasteiger partial charge < -0.3 is 29.0 Å². The summed E-state index contributed by atoms with van der Waals surface area (Å²) < 4.78 is 21.7. The summed E-state index contributed by atoms with van der Waals surface area (Å²) in [4.78, 5) is 17.3. The van der Waals surface area contributed by atoms with E-state index in [2.05, 4.69) is 4.90 Å². The van der Waals surface area contributed by atoms with Crippen LogP contribution in [-0.4, -0.2) is 92.9 Å². The summed E-state index contributed by atoms with van der Waals surface area (Å²) in [6, 6.07) is 5.35. The first-order valence-corrected chi connectivity index (χ1v) is 10.3. The minimum absolute atomic E-state index is 0.00431. The van der Waals surface area contributed by atoms with E-state index in [0.29, 0.717) is 55.8 Å². The molecule has 0 bridgehead atoms. The average molecular weight is 406 g/mol. The van der Waals surface area contributed by atoms with Crippen LogP contribution in [-0.2, 0) is 9.47 Å². The summed E-state index contributed by atoms with van der Waals surface area (Å²) in [5.41, 5.74) is 0.609. The van der Waals surface area contributed by atoms with E-state index in [0.717, 1.165) is 13.1 Å². The number of hydrogen-bond donors (Lipinski definition) is 1. The number of β-amino-alcohol motifs (C(OH)–C–C–N with tert-alkyl or cyclic N) is 1. The zero-order valence-corrected chi connectivity index (χ0v) is 16.9. The van der Waals surface area contributed by atoms with E-state index in [1.165, 1.54) is 12.8 Å². The normalized spacial score (nSPS) is 22.5. The molecule has 2 aliphatic heterocycles. The zero-order chi connectivity index (χ0) is 20.2. The molecule has 4 rings (SSSR count). The van der Waals surface area contributed by atoms with Crippen LogP contribution in [0.4, 0.5) is 0 Å². The number of benzene rings is 1. The maximum atomic E-state index is 13.2. The fourth-order valence-electron chi connectivity index (χ4n) is 3.91. The molecule has 2 unspecified atom stereocenters. The van der Waals surface area contributed by atoms with Gasteiger partial charge in [-0.1, -0.05) is 0 Å². The summed E-state index contributed by atoms with van der Waals surface area (Å²) >= 11 is 0. The largest absolute Gasteiger partial charge is 0.454 e. The van der Waals surface area contributed by atoms with Gasteiger partial charge in [-0.15, -0.1) is 0 Å². The van der Waals surface area contributed by atoms with E-state index >= 15 is 0 Å². The van der Waals surface area contributed by atoms with Crippen LogP contribution in [0.5, 0.6) is 11.5 Å². The van der Waals surface area contributed by atoms with Gasteiger partial charge in [0.1, 0.15) is 0 Å². The summed E-state index contributed by atoms with van der Waals surface area (Å²) in [6.07, 6.45) is 1.75. The highest BCUT2D eigenvalue weighted by Crippen LogP contribution is 2.34. The van der Waals surface area contributed by atoms with Crippen LogP contribution < -0.4 is 9.47 Å². The van der Waals surface area contributed by atoms with Gasteiger partial charge in [0.25, 0.3) is 5.91 Å². The molecule has 0 spiro atoms. The molecular formula is C21H30N2O6. The third-order valence-corrected chi connectivity index (χ3v) is 5.56. The van der Waals surface area contributed by atoms with Crippen LogP contribution in [0, 0.1) is 5.92 Å². The number of ether oxygens (including phenoxy) is 4. The van der Waals surface area contributed by atoms with Crippen LogP contribution >= 0.6 is 0 Å². The molecule has 160 valence electrons. The Bertz CT molecular complexity index is 710. The van der Waals surface area contributed by atoms with Gasteiger partial charge in [0.05, 0.1) is 25.4 Å². The Balaban J connectivity index is 1.39. The first kappa shape index (κ1) is 20.4. The van der Waals surface area contributed by atoms with Crippen molar-refractivity contribution in [2.75, 3.05) is 59.8 Å².